The molecule has 0 amide bonds. The van der Waals surface area contributed by atoms with Crippen LogP contribution in [0.4, 0.5) is 0 Å². The molecular weight excluding hydrogens is 744 g/mol. The third-order valence-corrected chi connectivity index (χ3v) is 15.7. The van der Waals surface area contributed by atoms with E-state index in [2.05, 4.69) is 0 Å². The van der Waals surface area contributed by atoms with Gasteiger partial charge in [0.25, 0.3) is 0 Å². The van der Waals surface area contributed by atoms with Gasteiger partial charge in [-0.25, -0.2) is 0 Å². The van der Waals surface area contributed by atoms with Crippen molar-refractivity contribution in [3.05, 3.63) is 58.1 Å². The maximum absolute atomic E-state index is 13.5. The Labute approximate surface area is 303 Å². The van der Waals surface area contributed by atoms with Crippen molar-refractivity contribution in [2.45, 2.75) is 60.0 Å². The molecule has 0 bridgehead atoms. The lowest BCUT2D eigenvalue weighted by Gasteiger charge is -2.22. The van der Waals surface area contributed by atoms with Crippen molar-refractivity contribution in [1.29, 1.82) is 0 Å². The van der Waals surface area contributed by atoms with Gasteiger partial charge in [-0.05, 0) is 105 Å². The van der Waals surface area contributed by atoms with Gasteiger partial charge >= 0.3 is 30.4 Å². The Morgan fingerprint density at radius 1 is 0.490 bits per heavy atom. The second kappa shape index (κ2) is 22.2. The molecule has 0 unspecified atom stereocenters. The molecule has 14 nitrogen and oxygen atoms in total. The zero-order valence-electron chi connectivity index (χ0n) is 31.1. The highest BCUT2D eigenvalue weighted by Crippen LogP contribution is 2.51. The molecule has 0 aliphatic rings. The van der Waals surface area contributed by atoms with E-state index in [-0.39, 0.29) is 70.5 Å². The van der Waals surface area contributed by atoms with Crippen LogP contribution >= 0.6 is 30.4 Å². The first-order valence-electron chi connectivity index (χ1n) is 17.0. The Kier molecular flexibility index (Phi) is 20.0. The molecule has 292 valence electrons. The molecule has 0 aromatic heterocycles. The maximum atomic E-state index is 13.5. The van der Waals surface area contributed by atoms with Crippen molar-refractivity contribution >= 4 is 30.4 Å². The number of aliphatic hydroxyl groups excluding tert-OH is 1. The molecule has 0 aliphatic carbocycles. The van der Waals surface area contributed by atoms with E-state index in [1.165, 1.54) is 28.4 Å². The molecular formula is C33H56O14P4. The first-order chi connectivity index (χ1) is 24.2. The van der Waals surface area contributed by atoms with Crippen LogP contribution in [0, 0.1) is 0 Å². The van der Waals surface area contributed by atoms with E-state index in [0.717, 1.165) is 11.1 Å². The van der Waals surface area contributed by atoms with Gasteiger partial charge in [-0.15, -0.1) is 0 Å². The minimum Gasteiger partial charge on any atom is -0.457 e. The molecule has 0 radical (unpaired) electrons. The number of hydrogen-bond acceptors (Lipinski definition) is 14. The van der Waals surface area contributed by atoms with Gasteiger partial charge in [0.1, 0.15) is 11.5 Å². The highest BCUT2D eigenvalue weighted by atomic mass is 31.2. The van der Waals surface area contributed by atoms with Crippen LogP contribution in [0.3, 0.4) is 0 Å². The summed E-state index contributed by atoms with van der Waals surface area (Å²) in [6.07, 6.45) is 1.25. The number of benzene rings is 2. The summed E-state index contributed by atoms with van der Waals surface area (Å²) in [6, 6.07) is 8.98. The number of hydrogen-bond donors (Lipinski definition) is 1. The Balaban J connectivity index is 2.73. The van der Waals surface area contributed by atoms with Crippen LogP contribution in [-0.2, 0) is 86.7 Å². The summed E-state index contributed by atoms with van der Waals surface area (Å²) in [6.45, 7) is 7.44. The Morgan fingerprint density at radius 2 is 0.843 bits per heavy atom. The number of aryl methyl sites for hydroxylation is 4. The summed E-state index contributed by atoms with van der Waals surface area (Å²) in [5.74, 6) is 0.792. The lowest BCUT2D eigenvalue weighted by molar-refractivity contribution is 0.219. The molecule has 0 aliphatic heterocycles. The first-order valence-corrected chi connectivity index (χ1v) is 23.9. The molecule has 2 aromatic carbocycles. The highest BCUT2D eigenvalue weighted by Gasteiger charge is 2.28. The van der Waals surface area contributed by atoms with Crippen molar-refractivity contribution in [3.8, 4) is 11.5 Å². The third kappa shape index (κ3) is 14.9. The van der Waals surface area contributed by atoms with E-state index in [9.17, 15) is 23.4 Å². The average Bonchev–Trinajstić information content (AvgIpc) is 3.12. The summed E-state index contributed by atoms with van der Waals surface area (Å²) >= 11 is 0. The highest BCUT2D eigenvalue weighted by molar-refractivity contribution is 7.54. The van der Waals surface area contributed by atoms with E-state index in [0.29, 0.717) is 41.0 Å². The third-order valence-electron chi connectivity index (χ3n) is 7.81. The van der Waals surface area contributed by atoms with Gasteiger partial charge in [0.2, 0.25) is 0 Å². The molecule has 0 heterocycles. The number of rotatable bonds is 27. The minimum absolute atomic E-state index is 0.0354. The van der Waals surface area contributed by atoms with Crippen LogP contribution in [0.2, 0.25) is 0 Å². The Morgan fingerprint density at radius 3 is 1.16 bits per heavy atom. The van der Waals surface area contributed by atoms with Gasteiger partial charge in [-0.2, -0.15) is 0 Å². The van der Waals surface area contributed by atoms with E-state index < -0.39 is 30.4 Å². The molecule has 2 rings (SSSR count). The molecule has 0 saturated heterocycles. The largest absolute Gasteiger partial charge is 0.457 e. The molecule has 18 heteroatoms. The van der Waals surface area contributed by atoms with E-state index in [4.69, 9.17) is 40.9 Å². The normalized spacial score (nSPS) is 12.8. The standard InChI is InChI=1S/C33H56O14P4/c1-9-43-50(37,44-10-2)19-15-30-22-29(26-34)23-31(16-20-51(38,45-11-3)46-12-4)33(30)47-32-24-27(13-17-48(35,39-5)40-6)21-28(25-32)14-18-49(36,41-7)42-8/h21-25,34H,9-20,26H2,1-8H3. The summed E-state index contributed by atoms with van der Waals surface area (Å²) in [5, 5.41) is 10.2. The van der Waals surface area contributed by atoms with E-state index >= 15 is 0 Å². The lowest BCUT2D eigenvalue weighted by Crippen LogP contribution is -2.08. The summed E-state index contributed by atoms with van der Waals surface area (Å²) in [7, 11) is -8.31. The summed E-state index contributed by atoms with van der Waals surface area (Å²) in [5.41, 5.74) is 3.27. The predicted molar refractivity (Wildman–Crippen MR) is 198 cm³/mol. The van der Waals surface area contributed by atoms with Crippen LogP contribution in [0.1, 0.15) is 55.5 Å². The zero-order valence-corrected chi connectivity index (χ0v) is 34.7. The number of ether oxygens (including phenoxy) is 1. The molecule has 0 fully saturated rings. The van der Waals surface area contributed by atoms with Crippen LogP contribution in [0.25, 0.3) is 0 Å². The second-order valence-electron chi connectivity index (χ2n) is 11.2. The predicted octanol–water partition coefficient (Wildman–Crippen LogP) is 8.65. The van der Waals surface area contributed by atoms with Crippen molar-refractivity contribution in [2.24, 2.45) is 0 Å². The van der Waals surface area contributed by atoms with Crippen LogP contribution in [0.5, 0.6) is 11.5 Å². The van der Waals surface area contributed by atoms with Gasteiger partial charge in [0.05, 0.1) is 57.7 Å². The van der Waals surface area contributed by atoms with Gasteiger partial charge in [0.15, 0.2) is 0 Å². The van der Waals surface area contributed by atoms with Crippen molar-refractivity contribution < 1.29 is 64.3 Å². The second-order valence-corrected chi connectivity index (χ2v) is 20.4. The Bertz CT molecular complexity index is 1430. The van der Waals surface area contributed by atoms with Gasteiger partial charge in [-0.3, -0.25) is 18.3 Å². The van der Waals surface area contributed by atoms with Crippen LogP contribution in [0.15, 0.2) is 30.3 Å². The minimum atomic E-state index is -3.47. The van der Waals surface area contributed by atoms with Crippen molar-refractivity contribution in [2.75, 3.05) is 79.5 Å². The first kappa shape index (κ1) is 46.0. The molecule has 0 saturated carbocycles. The quantitative estimate of drug-likeness (QED) is 0.0851. The summed E-state index contributed by atoms with van der Waals surface area (Å²) < 4.78 is 102. The number of aliphatic hydroxyl groups is 1. The average molecular weight is 801 g/mol. The van der Waals surface area contributed by atoms with E-state index in [1.807, 2.05) is 6.07 Å². The van der Waals surface area contributed by atoms with Crippen LogP contribution < -0.4 is 4.74 Å². The van der Waals surface area contributed by atoms with Crippen molar-refractivity contribution in [1.82, 2.24) is 0 Å². The van der Waals surface area contributed by atoms with E-state index in [1.54, 1.807) is 52.0 Å². The topological polar surface area (TPSA) is 172 Å². The molecule has 0 spiro atoms. The zero-order chi connectivity index (χ0) is 38.1. The molecule has 2 aromatic rings. The Hall–Kier alpha value is -1.20. The monoisotopic (exact) mass is 800 g/mol. The summed E-state index contributed by atoms with van der Waals surface area (Å²) in [4.78, 5) is 0. The fourth-order valence-electron chi connectivity index (χ4n) is 5.29. The van der Waals surface area contributed by atoms with Gasteiger partial charge in [-0.1, -0.05) is 6.07 Å². The van der Waals surface area contributed by atoms with Gasteiger partial charge < -0.3 is 46.0 Å². The SMILES string of the molecule is CCOP(=O)(CCc1cc(CO)cc(CCP(=O)(OCC)OCC)c1Oc1cc(CCP(=O)(OC)OC)cc(CCP(=O)(OC)OC)c1)OCC. The molecule has 0 atom stereocenters. The molecule has 1 N–H and O–H groups in total. The fraction of sp³-hybridized carbons (Fsp3) is 0.636. The smallest absolute Gasteiger partial charge is 0.330 e. The maximum Gasteiger partial charge on any atom is 0.330 e. The van der Waals surface area contributed by atoms with Crippen molar-refractivity contribution in [3.63, 3.8) is 0 Å². The lowest BCUT2D eigenvalue weighted by atomic mass is 10.0. The molecule has 51 heavy (non-hydrogen) atoms. The fourth-order valence-corrected chi connectivity index (χ4v) is 10.7. The van der Waals surface area contributed by atoms with Gasteiger partial charge in [0, 0.05) is 28.4 Å². The van der Waals surface area contributed by atoms with Crippen LogP contribution in [-0.4, -0.2) is 84.6 Å².